The van der Waals surface area contributed by atoms with E-state index in [2.05, 4.69) is 34.3 Å². The highest BCUT2D eigenvalue weighted by Crippen LogP contribution is 2.43. The molecule has 0 amide bonds. The molecule has 0 spiro atoms. The lowest BCUT2D eigenvalue weighted by Crippen LogP contribution is -2.28. The molecule has 16 heavy (non-hydrogen) atoms. The molecule has 1 fully saturated rings. The van der Waals surface area contributed by atoms with Gasteiger partial charge in [-0.2, -0.15) is 0 Å². The number of rotatable bonds is 4. The molecular weight excluding hydrogens is 194 g/mol. The van der Waals surface area contributed by atoms with Crippen LogP contribution in [0.1, 0.15) is 72.6 Å². The van der Waals surface area contributed by atoms with E-state index in [1.54, 1.807) is 0 Å². The predicted octanol–water partition coefficient (Wildman–Crippen LogP) is 5.17. The van der Waals surface area contributed by atoms with Gasteiger partial charge < -0.3 is 0 Å². The highest BCUT2D eigenvalue weighted by atomic mass is 14.4. The lowest BCUT2D eigenvalue weighted by atomic mass is 9.67. The Morgan fingerprint density at radius 2 is 1.88 bits per heavy atom. The van der Waals surface area contributed by atoms with Crippen molar-refractivity contribution in [3.8, 4) is 6.57 Å². The molecule has 0 aromatic carbocycles. The maximum absolute atomic E-state index is 6.50. The molecular formula is C15H29N. The average Bonchev–Trinajstić information content (AvgIpc) is 2.24. The molecule has 94 valence electrons. The Labute approximate surface area is 102 Å². The van der Waals surface area contributed by atoms with Crippen molar-refractivity contribution in [1.29, 1.82) is 5.26 Å². The first-order valence-corrected chi connectivity index (χ1v) is 6.81. The zero-order valence-corrected chi connectivity index (χ0v) is 11.6. The molecule has 0 aromatic rings. The molecule has 2 unspecified atom stereocenters. The number of hydrogen-bond donors (Lipinski definition) is 0. The monoisotopic (exact) mass is 223 g/mol. The molecule has 1 saturated carbocycles. The molecule has 0 aliphatic heterocycles. The number of unbranched alkanes of at least 4 members (excludes halogenated alkanes) is 2. The summed E-state index contributed by atoms with van der Waals surface area (Å²) in [4.78, 5) is 0. The third kappa shape index (κ3) is 5.54. The van der Waals surface area contributed by atoms with Gasteiger partial charge in [-0.15, -0.1) is 0 Å². The van der Waals surface area contributed by atoms with Gasteiger partial charge in [0, 0.05) is 6.57 Å². The summed E-state index contributed by atoms with van der Waals surface area (Å²) in [6, 6.07) is 0. The fourth-order valence-electron chi connectivity index (χ4n) is 3.09. The van der Waals surface area contributed by atoms with E-state index in [1.165, 1.54) is 44.9 Å². The highest BCUT2D eigenvalue weighted by molar-refractivity contribution is 4.82. The first-order valence-electron chi connectivity index (χ1n) is 6.81. The van der Waals surface area contributed by atoms with Crippen LogP contribution in [0.25, 0.3) is 0 Å². The molecule has 1 aliphatic rings. The lowest BCUT2D eigenvalue weighted by molar-refractivity contribution is 0.121. The van der Waals surface area contributed by atoms with Gasteiger partial charge in [0.25, 0.3) is 0 Å². The van der Waals surface area contributed by atoms with Crippen molar-refractivity contribution >= 4 is 0 Å². The van der Waals surface area contributed by atoms with Crippen molar-refractivity contribution in [3.05, 3.63) is 0 Å². The molecule has 0 radical (unpaired) electrons. The van der Waals surface area contributed by atoms with Crippen LogP contribution in [-0.4, -0.2) is 0 Å². The Kier molecular flexibility index (Phi) is 7.47. The first-order chi connectivity index (χ1) is 7.55. The molecule has 0 bridgehead atoms. The van der Waals surface area contributed by atoms with Gasteiger partial charge in [-0.25, -0.2) is 5.26 Å². The molecule has 0 heterocycles. The molecule has 0 aromatic heterocycles. The van der Waals surface area contributed by atoms with Crippen LogP contribution >= 0.6 is 0 Å². The van der Waals surface area contributed by atoms with Gasteiger partial charge in [0.15, 0.2) is 0 Å². The van der Waals surface area contributed by atoms with Crippen LogP contribution in [0.5, 0.6) is 0 Å². The lowest BCUT2D eigenvalue weighted by Gasteiger charge is -2.39. The van der Waals surface area contributed by atoms with Crippen molar-refractivity contribution in [2.75, 3.05) is 0 Å². The summed E-state index contributed by atoms with van der Waals surface area (Å²) in [6.07, 6.45) is 10.1. The molecule has 2 atom stereocenters. The van der Waals surface area contributed by atoms with E-state index < -0.39 is 0 Å². The maximum atomic E-state index is 6.50. The molecule has 1 heteroatoms. The number of nitriles is 1. The summed E-state index contributed by atoms with van der Waals surface area (Å²) in [7, 11) is 0. The Balaban J connectivity index is 0.00000106. The molecule has 0 saturated heterocycles. The largest absolute Gasteiger partial charge is 0.202 e. The Bertz CT molecular complexity index is 193. The number of hydrogen-bond acceptors (Lipinski definition) is 1. The van der Waals surface area contributed by atoms with Crippen molar-refractivity contribution in [2.45, 2.75) is 72.6 Å². The van der Waals surface area contributed by atoms with Crippen molar-refractivity contribution in [3.63, 3.8) is 0 Å². The van der Waals surface area contributed by atoms with Crippen LogP contribution in [0, 0.1) is 29.1 Å². The normalized spacial score (nSPS) is 27.9. The van der Waals surface area contributed by atoms with Crippen LogP contribution in [-0.2, 0) is 0 Å². The van der Waals surface area contributed by atoms with Crippen molar-refractivity contribution in [2.24, 2.45) is 17.3 Å². The van der Waals surface area contributed by atoms with Crippen LogP contribution in [0.15, 0.2) is 0 Å². The molecule has 0 N–H and O–H groups in total. The van der Waals surface area contributed by atoms with E-state index in [0.717, 1.165) is 11.8 Å². The topological polar surface area (TPSA) is 23.8 Å². The van der Waals surface area contributed by atoms with E-state index in [4.69, 9.17) is 5.26 Å². The van der Waals surface area contributed by atoms with Gasteiger partial charge in [0.2, 0.25) is 0 Å². The Morgan fingerprint density at radius 3 is 2.38 bits per heavy atom. The molecule has 1 rings (SSSR count). The van der Waals surface area contributed by atoms with E-state index in [1.807, 2.05) is 0 Å². The maximum Gasteiger partial charge on any atom is 0.0462 e. The summed E-state index contributed by atoms with van der Waals surface area (Å²) in [5.74, 6) is 2.00. The minimum absolute atomic E-state index is 0.626. The Morgan fingerprint density at radius 1 is 1.25 bits per heavy atom. The third-order valence-corrected chi connectivity index (χ3v) is 4.05. The zero-order valence-electron chi connectivity index (χ0n) is 11.6. The third-order valence-electron chi connectivity index (χ3n) is 4.05. The van der Waals surface area contributed by atoms with Gasteiger partial charge in [-0.3, -0.25) is 0 Å². The van der Waals surface area contributed by atoms with Crippen LogP contribution in [0.4, 0.5) is 0 Å². The minimum atomic E-state index is 0.626. The summed E-state index contributed by atoms with van der Waals surface area (Å²) >= 11 is 0. The summed E-state index contributed by atoms with van der Waals surface area (Å²) in [5, 5.41) is 6.50. The average molecular weight is 223 g/mol. The van der Waals surface area contributed by atoms with E-state index in [-0.39, 0.29) is 0 Å². The van der Waals surface area contributed by atoms with Gasteiger partial charge in [-0.1, -0.05) is 53.4 Å². The second-order valence-corrected chi connectivity index (χ2v) is 6.14. The van der Waals surface area contributed by atoms with Crippen molar-refractivity contribution in [1.82, 2.24) is 0 Å². The number of nitrogens with zero attached hydrogens (tertiary/aromatic N) is 1. The second-order valence-electron chi connectivity index (χ2n) is 6.14. The smallest absolute Gasteiger partial charge is 0.0462 e. The molecule has 1 nitrogen and oxygen atoms in total. The van der Waals surface area contributed by atoms with Crippen molar-refractivity contribution < 1.29 is 0 Å². The summed E-state index contributed by atoms with van der Waals surface area (Å²) < 4.78 is 0. The van der Waals surface area contributed by atoms with Crippen LogP contribution < -0.4 is 0 Å². The SMILES string of the molecule is C#N.CCCCCC1CCC(C)(C)CC1C. The fraction of sp³-hybridized carbons (Fsp3) is 0.933. The van der Waals surface area contributed by atoms with Crippen LogP contribution in [0.3, 0.4) is 0 Å². The quantitative estimate of drug-likeness (QED) is 0.603. The van der Waals surface area contributed by atoms with Gasteiger partial charge in [0.05, 0.1) is 0 Å². The van der Waals surface area contributed by atoms with Gasteiger partial charge in [0.1, 0.15) is 0 Å². The first kappa shape index (κ1) is 15.5. The fourth-order valence-corrected chi connectivity index (χ4v) is 3.09. The van der Waals surface area contributed by atoms with E-state index >= 15 is 0 Å². The molecule has 1 aliphatic carbocycles. The van der Waals surface area contributed by atoms with Gasteiger partial charge >= 0.3 is 0 Å². The van der Waals surface area contributed by atoms with E-state index in [9.17, 15) is 0 Å². The minimum Gasteiger partial charge on any atom is -0.202 e. The summed E-state index contributed by atoms with van der Waals surface area (Å²) in [6.45, 7) is 13.1. The summed E-state index contributed by atoms with van der Waals surface area (Å²) in [5.41, 5.74) is 0.626. The zero-order chi connectivity index (χ0) is 12.6. The van der Waals surface area contributed by atoms with Gasteiger partial charge in [-0.05, 0) is 36.5 Å². The van der Waals surface area contributed by atoms with E-state index in [0.29, 0.717) is 5.41 Å². The predicted molar refractivity (Wildman–Crippen MR) is 71.1 cm³/mol. The highest BCUT2D eigenvalue weighted by Gasteiger charge is 2.31. The Hall–Kier alpha value is -0.510. The second kappa shape index (κ2) is 7.71. The standard InChI is InChI=1S/C14H28.CHN/c1-5-6-7-8-13-9-10-14(3,4)11-12(13)2;1-2/h12-13H,5-11H2,1-4H3;1H. The van der Waals surface area contributed by atoms with Crippen LogP contribution in [0.2, 0.25) is 0 Å².